The average molecular weight is 450 g/mol. The van der Waals surface area contributed by atoms with Crippen LogP contribution >= 0.6 is 34.7 Å². The molecule has 0 saturated heterocycles. The zero-order chi connectivity index (χ0) is 20.8. The quantitative estimate of drug-likeness (QED) is 0.240. The second-order valence-corrected chi connectivity index (χ2v) is 8.12. The fourth-order valence-electron chi connectivity index (χ4n) is 2.14. The first kappa shape index (κ1) is 20.7. The van der Waals surface area contributed by atoms with E-state index < -0.39 is 4.92 Å². The number of carbonyl (C=O) groups excluding carboxylic acids is 2. The van der Waals surface area contributed by atoms with Crippen LogP contribution in [0.3, 0.4) is 0 Å². The van der Waals surface area contributed by atoms with Gasteiger partial charge in [-0.05, 0) is 24.3 Å². The van der Waals surface area contributed by atoms with Gasteiger partial charge in [0.2, 0.25) is 11.0 Å². The van der Waals surface area contributed by atoms with Crippen LogP contribution in [0, 0.1) is 10.1 Å². The Bertz CT molecular complexity index is 1080. The molecule has 3 aromatic rings. The Hall–Kier alpha value is -3.02. The molecule has 1 aromatic heterocycles. The highest BCUT2D eigenvalue weighted by Gasteiger charge is 2.13. The average Bonchev–Trinajstić information content (AvgIpc) is 3.14. The number of amides is 2. The molecule has 0 aliphatic heterocycles. The second-order valence-electron chi connectivity index (χ2n) is 5.48. The van der Waals surface area contributed by atoms with E-state index in [4.69, 9.17) is 11.6 Å². The summed E-state index contributed by atoms with van der Waals surface area (Å²) in [7, 11) is 0. The Morgan fingerprint density at radius 2 is 1.93 bits per heavy atom. The van der Waals surface area contributed by atoms with Gasteiger partial charge in [-0.25, -0.2) is 0 Å². The lowest BCUT2D eigenvalue weighted by atomic mass is 10.2. The highest BCUT2D eigenvalue weighted by Crippen LogP contribution is 2.26. The summed E-state index contributed by atoms with van der Waals surface area (Å²) in [5, 5.41) is 24.5. The summed E-state index contributed by atoms with van der Waals surface area (Å²) in [5.41, 5.74) is 0.606. The number of nitrogens with one attached hydrogen (secondary N) is 2. The maximum atomic E-state index is 12.2. The Labute approximate surface area is 177 Å². The fraction of sp³-hybridized carbons (Fsp3) is 0.0588. The van der Waals surface area contributed by atoms with Crippen LogP contribution in [0.2, 0.25) is 5.02 Å². The third-order valence-electron chi connectivity index (χ3n) is 3.38. The number of non-ortho nitro benzene ring substituents is 1. The highest BCUT2D eigenvalue weighted by molar-refractivity contribution is 8.01. The van der Waals surface area contributed by atoms with E-state index in [1.54, 1.807) is 24.3 Å². The molecule has 0 spiro atoms. The van der Waals surface area contributed by atoms with Gasteiger partial charge in [-0.1, -0.05) is 46.8 Å². The smallest absolute Gasteiger partial charge is 0.271 e. The standard InChI is InChI=1S/C17H12ClN5O4S2/c18-11-4-1-3-10(7-11)15(25)20-16-21-22-17(29-16)28-9-14(24)19-12-5-2-6-13(8-12)23(26)27/h1-8H,9H2,(H,19,24)(H,20,21,25). The van der Waals surface area contributed by atoms with Gasteiger partial charge in [0.25, 0.3) is 11.6 Å². The highest BCUT2D eigenvalue weighted by atomic mass is 35.5. The summed E-state index contributed by atoms with van der Waals surface area (Å²) in [5.74, 6) is -0.696. The van der Waals surface area contributed by atoms with Gasteiger partial charge in [0.15, 0.2) is 4.34 Å². The second kappa shape index (κ2) is 9.45. The number of carbonyl (C=O) groups is 2. The van der Waals surface area contributed by atoms with E-state index in [1.807, 2.05) is 0 Å². The molecular weight excluding hydrogens is 438 g/mol. The number of aromatic nitrogens is 2. The van der Waals surface area contributed by atoms with Crippen LogP contribution in [0.25, 0.3) is 0 Å². The lowest BCUT2D eigenvalue weighted by Crippen LogP contribution is -2.14. The molecule has 0 bridgehead atoms. The van der Waals surface area contributed by atoms with E-state index in [-0.39, 0.29) is 28.4 Å². The van der Waals surface area contributed by atoms with Crippen molar-refractivity contribution < 1.29 is 14.5 Å². The molecule has 2 amide bonds. The fourth-order valence-corrected chi connectivity index (χ4v) is 3.88. The summed E-state index contributed by atoms with van der Waals surface area (Å²) >= 11 is 8.12. The number of hydrogen-bond donors (Lipinski definition) is 2. The molecule has 0 saturated carbocycles. The molecule has 148 valence electrons. The van der Waals surface area contributed by atoms with Crippen molar-refractivity contribution in [2.75, 3.05) is 16.4 Å². The lowest BCUT2D eigenvalue weighted by Gasteiger charge is -2.03. The topological polar surface area (TPSA) is 127 Å². The number of nitro groups is 1. The van der Waals surface area contributed by atoms with Crippen molar-refractivity contribution >= 4 is 63.0 Å². The predicted octanol–water partition coefficient (Wildman–Crippen LogP) is 4.08. The van der Waals surface area contributed by atoms with Gasteiger partial charge < -0.3 is 5.32 Å². The molecule has 2 aromatic carbocycles. The number of halogens is 1. The van der Waals surface area contributed by atoms with Gasteiger partial charge >= 0.3 is 0 Å². The Kier molecular flexibility index (Phi) is 6.75. The number of nitrogens with zero attached hydrogens (tertiary/aromatic N) is 3. The molecule has 1 heterocycles. The number of anilines is 2. The number of nitro benzene ring substituents is 1. The van der Waals surface area contributed by atoms with Gasteiger partial charge in [-0.3, -0.25) is 25.0 Å². The zero-order valence-corrected chi connectivity index (χ0v) is 16.9. The van der Waals surface area contributed by atoms with Crippen LogP contribution in [0.1, 0.15) is 10.4 Å². The van der Waals surface area contributed by atoms with Crippen LogP contribution in [0.5, 0.6) is 0 Å². The van der Waals surface area contributed by atoms with Crippen LogP contribution in [-0.2, 0) is 4.79 Å². The zero-order valence-electron chi connectivity index (χ0n) is 14.5. The van der Waals surface area contributed by atoms with Gasteiger partial charge in [-0.2, -0.15) is 0 Å². The number of rotatable bonds is 7. The van der Waals surface area contributed by atoms with Gasteiger partial charge in [0.1, 0.15) is 0 Å². The monoisotopic (exact) mass is 449 g/mol. The van der Waals surface area contributed by atoms with E-state index in [1.165, 1.54) is 24.3 Å². The van der Waals surface area contributed by atoms with Crippen molar-refractivity contribution in [1.82, 2.24) is 10.2 Å². The maximum Gasteiger partial charge on any atom is 0.271 e. The molecule has 9 nitrogen and oxygen atoms in total. The van der Waals surface area contributed by atoms with Crippen LogP contribution in [0.4, 0.5) is 16.5 Å². The minimum Gasteiger partial charge on any atom is -0.325 e. The van der Waals surface area contributed by atoms with Crippen molar-refractivity contribution in [3.05, 3.63) is 69.2 Å². The first-order valence-corrected chi connectivity index (χ1v) is 10.2. The molecule has 0 aliphatic rings. The van der Waals surface area contributed by atoms with Gasteiger partial charge in [-0.15, -0.1) is 10.2 Å². The molecule has 12 heteroatoms. The minimum absolute atomic E-state index is 0.0273. The Balaban J connectivity index is 1.52. The maximum absolute atomic E-state index is 12.2. The minimum atomic E-state index is -0.537. The van der Waals surface area contributed by atoms with Crippen LogP contribution in [0.15, 0.2) is 52.9 Å². The van der Waals surface area contributed by atoms with Crippen molar-refractivity contribution in [3.8, 4) is 0 Å². The summed E-state index contributed by atoms with van der Waals surface area (Å²) in [6.45, 7) is 0. The molecule has 3 rings (SSSR count). The molecule has 0 aliphatic carbocycles. The normalized spacial score (nSPS) is 10.4. The summed E-state index contributed by atoms with van der Waals surface area (Å²) < 4.78 is 0.487. The van der Waals surface area contributed by atoms with E-state index in [0.717, 1.165) is 23.1 Å². The first-order chi connectivity index (χ1) is 13.9. The summed E-state index contributed by atoms with van der Waals surface area (Å²) in [6, 6.07) is 12.1. The van der Waals surface area contributed by atoms with E-state index >= 15 is 0 Å². The van der Waals surface area contributed by atoms with E-state index in [9.17, 15) is 19.7 Å². The molecule has 0 fully saturated rings. The van der Waals surface area contributed by atoms with Gasteiger partial charge in [0, 0.05) is 28.4 Å². The van der Waals surface area contributed by atoms with E-state index in [0.29, 0.717) is 20.6 Å². The molecular formula is C17H12ClN5O4S2. The van der Waals surface area contributed by atoms with Crippen molar-refractivity contribution in [3.63, 3.8) is 0 Å². The number of hydrogen-bond acceptors (Lipinski definition) is 8. The lowest BCUT2D eigenvalue weighted by molar-refractivity contribution is -0.384. The van der Waals surface area contributed by atoms with Crippen LogP contribution in [-0.4, -0.2) is 32.7 Å². The van der Waals surface area contributed by atoms with Crippen LogP contribution < -0.4 is 10.6 Å². The largest absolute Gasteiger partial charge is 0.325 e. The molecule has 0 unspecified atom stereocenters. The molecule has 29 heavy (non-hydrogen) atoms. The third-order valence-corrected chi connectivity index (χ3v) is 5.59. The molecule has 0 radical (unpaired) electrons. The first-order valence-electron chi connectivity index (χ1n) is 7.98. The van der Waals surface area contributed by atoms with Crippen molar-refractivity contribution in [2.24, 2.45) is 0 Å². The number of benzene rings is 2. The third kappa shape index (κ3) is 5.98. The SMILES string of the molecule is O=C(CSc1nnc(NC(=O)c2cccc(Cl)c2)s1)Nc1cccc([N+](=O)[O-])c1. The summed E-state index contributed by atoms with van der Waals surface area (Å²) in [6.07, 6.45) is 0. The van der Waals surface area contributed by atoms with Crippen molar-refractivity contribution in [1.29, 1.82) is 0 Å². The summed E-state index contributed by atoms with van der Waals surface area (Å²) in [4.78, 5) is 34.4. The molecule has 0 atom stereocenters. The Morgan fingerprint density at radius 3 is 2.69 bits per heavy atom. The van der Waals surface area contributed by atoms with Gasteiger partial charge in [0.05, 0.1) is 10.7 Å². The predicted molar refractivity (Wildman–Crippen MR) is 112 cm³/mol. The molecule has 2 N–H and O–H groups in total. The van der Waals surface area contributed by atoms with E-state index in [2.05, 4.69) is 20.8 Å². The Morgan fingerprint density at radius 1 is 1.14 bits per heavy atom. The number of thioether (sulfide) groups is 1. The van der Waals surface area contributed by atoms with Crippen molar-refractivity contribution in [2.45, 2.75) is 4.34 Å².